The topological polar surface area (TPSA) is 84.2 Å². The van der Waals surface area contributed by atoms with Crippen molar-refractivity contribution in [2.75, 3.05) is 6.54 Å². The molecular weight excluding hydrogens is 246 g/mol. The lowest BCUT2D eigenvalue weighted by molar-refractivity contribution is -0.148. The largest absolute Gasteiger partial charge is 0.481 e. The molecule has 104 valence electrons. The number of aliphatic carboxylic acids is 1. The number of aromatic nitrogens is 2. The quantitative estimate of drug-likeness (QED) is 0.828. The van der Waals surface area contributed by atoms with Gasteiger partial charge >= 0.3 is 5.97 Å². The van der Waals surface area contributed by atoms with E-state index < -0.39 is 11.9 Å². The molecule has 0 radical (unpaired) electrons. The molecule has 0 spiro atoms. The van der Waals surface area contributed by atoms with Gasteiger partial charge in [-0.2, -0.15) is 0 Å². The summed E-state index contributed by atoms with van der Waals surface area (Å²) in [4.78, 5) is 27.1. The summed E-state index contributed by atoms with van der Waals surface area (Å²) in [5.41, 5.74) is 0. The molecular formula is C13H19N3O3. The highest BCUT2D eigenvalue weighted by Gasteiger charge is 2.35. The van der Waals surface area contributed by atoms with Crippen molar-refractivity contribution in [2.24, 2.45) is 11.8 Å². The molecule has 1 saturated carbocycles. The number of hydrogen-bond acceptors (Lipinski definition) is 3. The van der Waals surface area contributed by atoms with Gasteiger partial charge in [0.2, 0.25) is 5.91 Å². The van der Waals surface area contributed by atoms with Crippen molar-refractivity contribution in [1.29, 1.82) is 0 Å². The van der Waals surface area contributed by atoms with Gasteiger partial charge in [-0.15, -0.1) is 0 Å². The van der Waals surface area contributed by atoms with Crippen LogP contribution in [-0.4, -0.2) is 33.1 Å². The first-order chi connectivity index (χ1) is 9.18. The van der Waals surface area contributed by atoms with E-state index in [1.165, 1.54) is 0 Å². The Kier molecular flexibility index (Phi) is 4.54. The van der Waals surface area contributed by atoms with Crippen LogP contribution < -0.4 is 5.32 Å². The lowest BCUT2D eigenvalue weighted by atomic mass is 9.79. The summed E-state index contributed by atoms with van der Waals surface area (Å²) in [5, 5.41) is 12.0. The van der Waals surface area contributed by atoms with E-state index in [1.54, 1.807) is 12.5 Å². The lowest BCUT2D eigenvalue weighted by Crippen LogP contribution is -2.40. The van der Waals surface area contributed by atoms with Crippen LogP contribution in [0.15, 0.2) is 18.7 Å². The molecule has 1 aromatic heterocycles. The van der Waals surface area contributed by atoms with E-state index in [4.69, 9.17) is 5.11 Å². The molecule has 1 fully saturated rings. The van der Waals surface area contributed by atoms with E-state index in [2.05, 4.69) is 10.3 Å². The first-order valence-corrected chi connectivity index (χ1v) is 6.64. The zero-order chi connectivity index (χ0) is 13.7. The fourth-order valence-corrected chi connectivity index (χ4v) is 2.60. The van der Waals surface area contributed by atoms with Crippen LogP contribution in [-0.2, 0) is 16.1 Å². The average Bonchev–Trinajstić information content (AvgIpc) is 2.91. The highest BCUT2D eigenvalue weighted by Crippen LogP contribution is 2.30. The van der Waals surface area contributed by atoms with Crippen LogP contribution in [0.3, 0.4) is 0 Å². The molecule has 0 bridgehead atoms. The molecule has 19 heavy (non-hydrogen) atoms. The number of imidazole rings is 1. The van der Waals surface area contributed by atoms with Crippen LogP contribution in [0.1, 0.15) is 25.7 Å². The number of nitrogens with one attached hydrogen (secondary N) is 1. The Morgan fingerprint density at radius 3 is 2.68 bits per heavy atom. The molecule has 0 saturated heterocycles. The predicted molar refractivity (Wildman–Crippen MR) is 68.3 cm³/mol. The third-order valence-electron chi connectivity index (χ3n) is 3.65. The van der Waals surface area contributed by atoms with Crippen LogP contribution in [0.25, 0.3) is 0 Å². The molecule has 1 heterocycles. The molecule has 2 N–H and O–H groups in total. The minimum Gasteiger partial charge on any atom is -0.481 e. The molecule has 1 amide bonds. The molecule has 0 aromatic carbocycles. The predicted octanol–water partition coefficient (Wildman–Crippen LogP) is 0.890. The monoisotopic (exact) mass is 265 g/mol. The maximum atomic E-state index is 12.0. The first kappa shape index (κ1) is 13.6. The van der Waals surface area contributed by atoms with Gasteiger partial charge in [0, 0.05) is 25.5 Å². The molecule has 1 aliphatic rings. The number of carboxylic acids is 1. The van der Waals surface area contributed by atoms with Crippen molar-refractivity contribution >= 4 is 11.9 Å². The van der Waals surface area contributed by atoms with Crippen LogP contribution in [0, 0.1) is 11.8 Å². The Bertz CT molecular complexity index is 430. The number of carbonyl (C=O) groups is 2. The van der Waals surface area contributed by atoms with E-state index in [1.807, 2.05) is 10.8 Å². The Hall–Kier alpha value is -1.85. The molecule has 6 nitrogen and oxygen atoms in total. The Morgan fingerprint density at radius 1 is 1.32 bits per heavy atom. The smallest absolute Gasteiger partial charge is 0.307 e. The summed E-state index contributed by atoms with van der Waals surface area (Å²) in [5.74, 6) is -1.89. The molecule has 0 aliphatic heterocycles. The summed E-state index contributed by atoms with van der Waals surface area (Å²) in [6.07, 6.45) is 8.31. The summed E-state index contributed by atoms with van der Waals surface area (Å²) >= 11 is 0. The van der Waals surface area contributed by atoms with Gasteiger partial charge in [-0.05, 0) is 12.8 Å². The lowest BCUT2D eigenvalue weighted by Gasteiger charge is -2.27. The second kappa shape index (κ2) is 6.36. The first-order valence-electron chi connectivity index (χ1n) is 6.64. The van der Waals surface area contributed by atoms with Crippen LogP contribution in [0.4, 0.5) is 0 Å². The van der Waals surface area contributed by atoms with Crippen LogP contribution >= 0.6 is 0 Å². The maximum absolute atomic E-state index is 12.0. The highest BCUT2D eigenvalue weighted by atomic mass is 16.4. The summed E-state index contributed by atoms with van der Waals surface area (Å²) in [6, 6.07) is 0. The fourth-order valence-electron chi connectivity index (χ4n) is 2.60. The van der Waals surface area contributed by atoms with E-state index >= 15 is 0 Å². The average molecular weight is 265 g/mol. The third-order valence-corrected chi connectivity index (χ3v) is 3.65. The molecule has 1 aliphatic carbocycles. The zero-order valence-corrected chi connectivity index (χ0v) is 10.8. The maximum Gasteiger partial charge on any atom is 0.307 e. The van der Waals surface area contributed by atoms with Crippen molar-refractivity contribution in [3.05, 3.63) is 18.7 Å². The number of carboxylic acid groups (broad SMARTS) is 1. The second-order valence-corrected chi connectivity index (χ2v) is 4.93. The van der Waals surface area contributed by atoms with Gasteiger partial charge < -0.3 is 15.0 Å². The third kappa shape index (κ3) is 3.56. The second-order valence-electron chi connectivity index (χ2n) is 4.93. The number of carbonyl (C=O) groups excluding carboxylic acids is 1. The Labute approximate surface area is 111 Å². The molecule has 6 heteroatoms. The standard InChI is InChI=1S/C13H19N3O3/c17-12(15-6-8-16-7-5-14-9-16)10-3-1-2-4-11(10)13(18)19/h5,7,9-11H,1-4,6,8H2,(H,15,17)(H,18,19)/t10-,11+/m1/s1. The fraction of sp³-hybridized carbons (Fsp3) is 0.615. The van der Waals surface area contributed by atoms with E-state index in [-0.39, 0.29) is 11.8 Å². The van der Waals surface area contributed by atoms with Crippen molar-refractivity contribution in [2.45, 2.75) is 32.2 Å². The van der Waals surface area contributed by atoms with E-state index in [0.717, 1.165) is 12.8 Å². The van der Waals surface area contributed by atoms with Gasteiger partial charge in [0.15, 0.2) is 0 Å². The molecule has 0 unspecified atom stereocenters. The number of amides is 1. The molecule has 2 atom stereocenters. The van der Waals surface area contributed by atoms with Crippen LogP contribution in [0.2, 0.25) is 0 Å². The van der Waals surface area contributed by atoms with Gasteiger partial charge in [0.1, 0.15) is 0 Å². The van der Waals surface area contributed by atoms with E-state index in [9.17, 15) is 9.59 Å². The Balaban J connectivity index is 1.82. The van der Waals surface area contributed by atoms with Crippen LogP contribution in [0.5, 0.6) is 0 Å². The number of nitrogens with zero attached hydrogens (tertiary/aromatic N) is 2. The van der Waals surface area contributed by atoms with Gasteiger partial charge in [-0.3, -0.25) is 9.59 Å². The van der Waals surface area contributed by atoms with Gasteiger partial charge in [-0.1, -0.05) is 12.8 Å². The molecule has 2 rings (SSSR count). The minimum absolute atomic E-state index is 0.132. The van der Waals surface area contributed by atoms with Crippen molar-refractivity contribution in [3.8, 4) is 0 Å². The Morgan fingerprint density at radius 2 is 2.05 bits per heavy atom. The van der Waals surface area contributed by atoms with Gasteiger partial charge in [-0.25, -0.2) is 4.98 Å². The van der Waals surface area contributed by atoms with Gasteiger partial charge in [0.05, 0.1) is 18.2 Å². The highest BCUT2D eigenvalue weighted by molar-refractivity contribution is 5.84. The SMILES string of the molecule is O=C(O)[C@H]1CCCC[C@H]1C(=O)NCCn1ccnc1. The van der Waals surface area contributed by atoms with Crippen molar-refractivity contribution < 1.29 is 14.7 Å². The molecule has 1 aromatic rings. The normalized spacial score (nSPS) is 22.9. The summed E-state index contributed by atoms with van der Waals surface area (Å²) < 4.78 is 1.87. The summed E-state index contributed by atoms with van der Waals surface area (Å²) in [7, 11) is 0. The van der Waals surface area contributed by atoms with E-state index in [0.29, 0.717) is 25.9 Å². The zero-order valence-electron chi connectivity index (χ0n) is 10.8. The summed E-state index contributed by atoms with van der Waals surface area (Å²) in [6.45, 7) is 1.15. The van der Waals surface area contributed by atoms with Crippen molar-refractivity contribution in [3.63, 3.8) is 0 Å². The number of rotatable bonds is 5. The minimum atomic E-state index is -0.852. The van der Waals surface area contributed by atoms with Crippen molar-refractivity contribution in [1.82, 2.24) is 14.9 Å². The number of hydrogen-bond donors (Lipinski definition) is 2. The van der Waals surface area contributed by atoms with Gasteiger partial charge in [0.25, 0.3) is 0 Å².